The van der Waals surface area contributed by atoms with Gasteiger partial charge in [0.05, 0.1) is 11.4 Å². The van der Waals surface area contributed by atoms with Crippen LogP contribution in [0.4, 0.5) is 5.13 Å². The number of nitrogens with one attached hydrogen (secondary N) is 1. The third kappa shape index (κ3) is 4.40. The quantitative estimate of drug-likeness (QED) is 0.640. The van der Waals surface area contributed by atoms with Gasteiger partial charge >= 0.3 is 0 Å². The van der Waals surface area contributed by atoms with E-state index in [4.69, 9.17) is 4.42 Å². The Morgan fingerprint density at radius 1 is 1.35 bits per heavy atom. The number of carbonyl (C=O) groups excluding carboxylic acids is 1. The van der Waals surface area contributed by atoms with Crippen LogP contribution in [-0.4, -0.2) is 26.8 Å². The molecule has 1 aromatic carbocycles. The van der Waals surface area contributed by atoms with Crippen LogP contribution in [0.5, 0.6) is 0 Å². The number of carbonyl (C=O) groups is 1. The number of halogens is 1. The summed E-state index contributed by atoms with van der Waals surface area (Å²) in [5, 5.41) is 13.5. The van der Waals surface area contributed by atoms with Gasteiger partial charge in [0, 0.05) is 15.4 Å². The standard InChI is InChI=1S/C14H11BrN4O2S2/c1-8-6-22-13(16-8)17-11(20)7-23-14-19-18-12(21-14)9-2-4-10(15)5-3-9/h2-6H,7H2,1H3,(H,16,17,20). The molecule has 0 spiro atoms. The lowest BCUT2D eigenvalue weighted by molar-refractivity contribution is -0.113. The number of thiazole rings is 1. The number of benzene rings is 1. The van der Waals surface area contributed by atoms with Crippen LogP contribution in [0.25, 0.3) is 11.5 Å². The highest BCUT2D eigenvalue weighted by Crippen LogP contribution is 2.24. The number of hydrogen-bond donors (Lipinski definition) is 1. The van der Waals surface area contributed by atoms with Crippen molar-refractivity contribution in [2.45, 2.75) is 12.1 Å². The summed E-state index contributed by atoms with van der Waals surface area (Å²) >= 11 is 5.96. The van der Waals surface area contributed by atoms with E-state index in [-0.39, 0.29) is 11.7 Å². The van der Waals surface area contributed by atoms with Crippen LogP contribution in [0.1, 0.15) is 5.69 Å². The van der Waals surface area contributed by atoms with Crippen molar-refractivity contribution < 1.29 is 9.21 Å². The van der Waals surface area contributed by atoms with E-state index in [0.717, 1.165) is 15.7 Å². The summed E-state index contributed by atoms with van der Waals surface area (Å²) < 4.78 is 6.52. The van der Waals surface area contributed by atoms with E-state index < -0.39 is 0 Å². The van der Waals surface area contributed by atoms with Gasteiger partial charge in [0.1, 0.15) is 0 Å². The molecule has 1 N–H and O–H groups in total. The van der Waals surface area contributed by atoms with Crippen molar-refractivity contribution >= 4 is 50.1 Å². The van der Waals surface area contributed by atoms with Gasteiger partial charge in [0.15, 0.2) is 5.13 Å². The van der Waals surface area contributed by atoms with Gasteiger partial charge in [-0.3, -0.25) is 4.79 Å². The summed E-state index contributed by atoms with van der Waals surface area (Å²) in [6.45, 7) is 1.88. The normalized spacial score (nSPS) is 10.7. The molecule has 3 rings (SSSR count). The minimum atomic E-state index is -0.159. The van der Waals surface area contributed by atoms with Crippen LogP contribution in [-0.2, 0) is 4.79 Å². The first-order valence-corrected chi connectivity index (χ1v) is 9.20. The Bertz CT molecular complexity index is 816. The number of amides is 1. The Morgan fingerprint density at radius 3 is 2.83 bits per heavy atom. The molecular weight excluding hydrogens is 400 g/mol. The average Bonchev–Trinajstić information content (AvgIpc) is 3.15. The zero-order valence-electron chi connectivity index (χ0n) is 11.9. The molecule has 0 unspecified atom stereocenters. The van der Waals surface area contributed by atoms with Crippen LogP contribution in [0.3, 0.4) is 0 Å². The molecule has 2 aromatic heterocycles. The molecule has 118 valence electrons. The summed E-state index contributed by atoms with van der Waals surface area (Å²) in [6, 6.07) is 7.55. The Kier molecular flexibility index (Phi) is 5.09. The molecule has 23 heavy (non-hydrogen) atoms. The molecule has 0 atom stereocenters. The molecule has 6 nitrogen and oxygen atoms in total. The molecular formula is C14H11BrN4O2S2. The highest BCUT2D eigenvalue weighted by Gasteiger charge is 2.12. The fourth-order valence-electron chi connectivity index (χ4n) is 1.67. The van der Waals surface area contributed by atoms with E-state index >= 15 is 0 Å². The monoisotopic (exact) mass is 410 g/mol. The number of anilines is 1. The van der Waals surface area contributed by atoms with E-state index in [9.17, 15) is 4.79 Å². The number of nitrogens with zero attached hydrogens (tertiary/aromatic N) is 3. The number of hydrogen-bond acceptors (Lipinski definition) is 7. The van der Waals surface area contributed by atoms with E-state index in [2.05, 4.69) is 36.4 Å². The Balaban J connectivity index is 1.56. The molecule has 9 heteroatoms. The lowest BCUT2D eigenvalue weighted by Gasteiger charge is -1.98. The molecule has 1 amide bonds. The minimum absolute atomic E-state index is 0.159. The average molecular weight is 411 g/mol. The molecule has 2 heterocycles. The summed E-state index contributed by atoms with van der Waals surface area (Å²) in [5.41, 5.74) is 1.71. The van der Waals surface area contributed by atoms with Crippen molar-refractivity contribution in [3.05, 3.63) is 39.8 Å². The van der Waals surface area contributed by atoms with Crippen molar-refractivity contribution in [2.75, 3.05) is 11.1 Å². The largest absolute Gasteiger partial charge is 0.411 e. The second kappa shape index (κ2) is 7.24. The molecule has 0 radical (unpaired) electrons. The molecule has 0 saturated heterocycles. The summed E-state index contributed by atoms with van der Waals surface area (Å²) in [7, 11) is 0. The Labute approximate surface area is 148 Å². The van der Waals surface area contributed by atoms with Gasteiger partial charge in [-0.15, -0.1) is 21.5 Å². The highest BCUT2D eigenvalue weighted by atomic mass is 79.9. The van der Waals surface area contributed by atoms with E-state index in [1.54, 1.807) is 0 Å². The van der Waals surface area contributed by atoms with Crippen LogP contribution in [0.15, 0.2) is 43.8 Å². The van der Waals surface area contributed by atoms with Crippen molar-refractivity contribution in [1.82, 2.24) is 15.2 Å². The van der Waals surface area contributed by atoms with E-state index in [0.29, 0.717) is 16.2 Å². The Hall–Kier alpha value is -1.71. The molecule has 0 aliphatic carbocycles. The first kappa shape index (κ1) is 16.2. The van der Waals surface area contributed by atoms with Gasteiger partial charge in [0.2, 0.25) is 11.8 Å². The maximum atomic E-state index is 11.8. The minimum Gasteiger partial charge on any atom is -0.411 e. The summed E-state index contributed by atoms with van der Waals surface area (Å²) in [4.78, 5) is 16.0. The van der Waals surface area contributed by atoms with Crippen LogP contribution in [0.2, 0.25) is 0 Å². The highest BCUT2D eigenvalue weighted by molar-refractivity contribution is 9.10. The van der Waals surface area contributed by atoms with Gasteiger partial charge in [-0.05, 0) is 31.2 Å². The fraction of sp³-hybridized carbons (Fsp3) is 0.143. The maximum Gasteiger partial charge on any atom is 0.277 e. The lowest BCUT2D eigenvalue weighted by atomic mass is 10.2. The molecule has 0 saturated carbocycles. The van der Waals surface area contributed by atoms with Gasteiger partial charge in [-0.2, -0.15) is 0 Å². The second-order valence-electron chi connectivity index (χ2n) is 4.51. The number of rotatable bonds is 5. The fourth-order valence-corrected chi connectivity index (χ4v) is 3.20. The third-order valence-electron chi connectivity index (χ3n) is 2.69. The first-order chi connectivity index (χ1) is 11.1. The van der Waals surface area contributed by atoms with Gasteiger partial charge in [0.25, 0.3) is 5.22 Å². The Morgan fingerprint density at radius 2 is 2.13 bits per heavy atom. The van der Waals surface area contributed by atoms with Crippen LogP contribution in [0, 0.1) is 6.92 Å². The predicted molar refractivity (Wildman–Crippen MR) is 93.6 cm³/mol. The third-order valence-corrected chi connectivity index (χ3v) is 4.91. The number of aromatic nitrogens is 3. The second-order valence-corrected chi connectivity index (χ2v) is 7.21. The molecule has 0 aliphatic rings. The maximum absolute atomic E-state index is 11.8. The predicted octanol–water partition coefficient (Wildman–Crippen LogP) is 3.99. The zero-order chi connectivity index (χ0) is 16.2. The van der Waals surface area contributed by atoms with E-state index in [1.165, 1.54) is 23.1 Å². The summed E-state index contributed by atoms with van der Waals surface area (Å²) in [5.74, 6) is 0.448. The summed E-state index contributed by atoms with van der Waals surface area (Å²) in [6.07, 6.45) is 0. The van der Waals surface area contributed by atoms with Crippen molar-refractivity contribution in [3.8, 4) is 11.5 Å². The van der Waals surface area contributed by atoms with Crippen molar-refractivity contribution in [2.24, 2.45) is 0 Å². The van der Waals surface area contributed by atoms with E-state index in [1.807, 2.05) is 36.6 Å². The smallest absolute Gasteiger partial charge is 0.277 e. The van der Waals surface area contributed by atoms with Crippen molar-refractivity contribution in [3.63, 3.8) is 0 Å². The molecule has 0 bridgehead atoms. The zero-order valence-corrected chi connectivity index (χ0v) is 15.2. The van der Waals surface area contributed by atoms with Gasteiger partial charge < -0.3 is 9.73 Å². The number of thioether (sulfide) groups is 1. The van der Waals surface area contributed by atoms with Crippen LogP contribution >= 0.6 is 39.0 Å². The SMILES string of the molecule is Cc1csc(NC(=O)CSc2nnc(-c3ccc(Br)cc3)o2)n1. The molecule has 0 fully saturated rings. The molecule has 0 aliphatic heterocycles. The topological polar surface area (TPSA) is 80.9 Å². The number of aryl methyl sites for hydroxylation is 1. The van der Waals surface area contributed by atoms with Crippen LogP contribution < -0.4 is 5.32 Å². The van der Waals surface area contributed by atoms with Crippen molar-refractivity contribution in [1.29, 1.82) is 0 Å². The first-order valence-electron chi connectivity index (χ1n) is 6.54. The van der Waals surface area contributed by atoms with Gasteiger partial charge in [-0.1, -0.05) is 27.7 Å². The van der Waals surface area contributed by atoms with Gasteiger partial charge in [-0.25, -0.2) is 4.98 Å². The lowest BCUT2D eigenvalue weighted by Crippen LogP contribution is -2.13. The molecule has 3 aromatic rings.